The van der Waals surface area contributed by atoms with Crippen LogP contribution in [0, 0.1) is 11.8 Å². The van der Waals surface area contributed by atoms with Gasteiger partial charge >= 0.3 is 11.9 Å². The van der Waals surface area contributed by atoms with E-state index >= 15 is 0 Å². The normalized spacial score (nSPS) is 22.3. The van der Waals surface area contributed by atoms with Gasteiger partial charge in [0.1, 0.15) is 6.10 Å². The molecule has 0 spiro atoms. The van der Waals surface area contributed by atoms with Gasteiger partial charge in [-0.2, -0.15) is 0 Å². The first kappa shape index (κ1) is 20.9. The fraction of sp³-hybridized carbons (Fsp3) is 0.889. The van der Waals surface area contributed by atoms with Crippen LogP contribution in [0.1, 0.15) is 86.9 Å². The summed E-state index contributed by atoms with van der Waals surface area (Å²) in [6.07, 6.45) is 9.15. The van der Waals surface area contributed by atoms with E-state index in [4.69, 9.17) is 9.84 Å². The molecule has 1 saturated heterocycles. The van der Waals surface area contributed by atoms with E-state index in [1.54, 1.807) is 0 Å². The number of aliphatic carboxylic acids is 1. The molecule has 1 heterocycles. The van der Waals surface area contributed by atoms with Crippen LogP contribution in [-0.2, 0) is 14.3 Å². The van der Waals surface area contributed by atoms with Gasteiger partial charge in [-0.1, -0.05) is 47.0 Å². The van der Waals surface area contributed by atoms with Crippen molar-refractivity contribution in [3.05, 3.63) is 0 Å². The van der Waals surface area contributed by atoms with Crippen LogP contribution < -0.4 is 0 Å². The molecule has 3 unspecified atom stereocenters. The maximum absolute atomic E-state index is 11.2. The fourth-order valence-corrected chi connectivity index (χ4v) is 2.63. The Morgan fingerprint density at radius 3 is 2.32 bits per heavy atom. The lowest BCUT2D eigenvalue weighted by Gasteiger charge is -2.26. The van der Waals surface area contributed by atoms with Crippen LogP contribution >= 0.6 is 0 Å². The van der Waals surface area contributed by atoms with Crippen molar-refractivity contribution in [1.82, 2.24) is 0 Å². The van der Waals surface area contributed by atoms with Crippen molar-refractivity contribution in [3.63, 3.8) is 0 Å². The molecule has 22 heavy (non-hydrogen) atoms. The molecule has 1 aliphatic heterocycles. The summed E-state index contributed by atoms with van der Waals surface area (Å²) in [5.41, 5.74) is 0. The number of cyclic esters (lactones) is 1. The van der Waals surface area contributed by atoms with Crippen molar-refractivity contribution in [2.24, 2.45) is 11.8 Å². The second kappa shape index (κ2) is 12.5. The Labute approximate surface area is 137 Å². The van der Waals surface area contributed by atoms with Gasteiger partial charge in [0.15, 0.2) is 0 Å². The zero-order chi connectivity index (χ0) is 17.0. The molecule has 1 rings (SSSR count). The largest absolute Gasteiger partial charge is 0.481 e. The fourth-order valence-electron chi connectivity index (χ4n) is 2.63. The lowest BCUT2D eigenvalue weighted by atomic mass is 9.95. The van der Waals surface area contributed by atoms with Crippen LogP contribution in [0.3, 0.4) is 0 Å². The van der Waals surface area contributed by atoms with Gasteiger partial charge in [0.25, 0.3) is 0 Å². The lowest BCUT2D eigenvalue weighted by Crippen LogP contribution is -2.30. The van der Waals surface area contributed by atoms with Gasteiger partial charge < -0.3 is 9.84 Å². The molecule has 0 aromatic carbocycles. The average molecular weight is 316 g/mol. The Kier molecular flexibility index (Phi) is 11.9. The van der Waals surface area contributed by atoms with Crippen LogP contribution in [0.15, 0.2) is 0 Å². The van der Waals surface area contributed by atoms with Gasteiger partial charge in [-0.3, -0.25) is 9.59 Å². The lowest BCUT2D eigenvalue weighted by molar-refractivity contribution is -0.160. The molecule has 1 aliphatic rings. The van der Waals surface area contributed by atoms with Gasteiger partial charge in [0.05, 0.1) is 11.8 Å². The molecular weight excluding hydrogens is 280 g/mol. The third-order valence-electron chi connectivity index (χ3n) is 4.40. The molecule has 3 atom stereocenters. The summed E-state index contributed by atoms with van der Waals surface area (Å²) in [7, 11) is 0. The van der Waals surface area contributed by atoms with E-state index in [1.165, 1.54) is 0 Å². The van der Waals surface area contributed by atoms with E-state index < -0.39 is 5.97 Å². The number of carbonyl (C=O) groups is 2. The van der Waals surface area contributed by atoms with Crippen LogP contribution in [0.5, 0.6) is 0 Å². The number of hydrogen-bond acceptors (Lipinski definition) is 3. The molecule has 4 nitrogen and oxygen atoms in total. The molecule has 0 aromatic heterocycles. The number of esters is 1. The zero-order valence-electron chi connectivity index (χ0n) is 14.8. The van der Waals surface area contributed by atoms with E-state index in [-0.39, 0.29) is 25.3 Å². The Morgan fingerprint density at radius 2 is 1.91 bits per heavy atom. The van der Waals surface area contributed by atoms with Crippen LogP contribution in [0.4, 0.5) is 0 Å². The molecule has 0 aliphatic carbocycles. The van der Waals surface area contributed by atoms with E-state index in [1.807, 2.05) is 13.8 Å². The Bertz CT molecular complexity index is 316. The van der Waals surface area contributed by atoms with Crippen molar-refractivity contribution in [3.8, 4) is 0 Å². The molecule has 0 radical (unpaired) electrons. The minimum Gasteiger partial charge on any atom is -0.481 e. The number of carboxylic acids is 1. The summed E-state index contributed by atoms with van der Waals surface area (Å²) in [5.74, 6) is -0.548. The number of ether oxygens (including phenoxy) is 1. The molecule has 0 amide bonds. The molecule has 1 N–H and O–H groups in total. The third kappa shape index (κ3) is 8.40. The predicted octanol–water partition coefficient (Wildman–Crippen LogP) is 5.05. The van der Waals surface area contributed by atoms with E-state index in [2.05, 4.69) is 13.8 Å². The number of rotatable bonds is 8. The first-order chi connectivity index (χ1) is 10.5. The standard InChI is InChI=1S/C9H16O2.C9H18O2.H2/c1-3-7-5-6-8(4-2)11-9(7)10;1-3-5-6-7-8(4-2)9(10)11;/h7-8H,3-6H2,1-2H3;8H,3-7H2,1-2H3,(H,10,11);1H. The molecule has 1 fully saturated rings. The highest BCUT2D eigenvalue weighted by molar-refractivity contribution is 5.73. The highest BCUT2D eigenvalue weighted by Gasteiger charge is 2.27. The van der Waals surface area contributed by atoms with E-state index in [0.29, 0.717) is 0 Å². The Hall–Kier alpha value is -1.06. The maximum atomic E-state index is 11.2. The van der Waals surface area contributed by atoms with Gasteiger partial charge in [-0.25, -0.2) is 0 Å². The average Bonchev–Trinajstić information content (AvgIpc) is 2.51. The van der Waals surface area contributed by atoms with Crippen LogP contribution in [0.25, 0.3) is 0 Å². The van der Waals surface area contributed by atoms with Gasteiger partial charge in [0, 0.05) is 1.43 Å². The van der Waals surface area contributed by atoms with Gasteiger partial charge in [-0.15, -0.1) is 0 Å². The molecule has 4 heteroatoms. The number of hydrogen-bond donors (Lipinski definition) is 1. The Balaban J connectivity index is 0. The summed E-state index contributed by atoms with van der Waals surface area (Å²) in [6, 6.07) is 0. The highest BCUT2D eigenvalue weighted by Crippen LogP contribution is 2.23. The SMILES string of the molecule is CCC1CCC(CC)C(=O)O1.CCCCCC(CC)C(=O)O.[HH]. The molecule has 0 saturated carbocycles. The molecule has 132 valence electrons. The molecule has 0 bridgehead atoms. The quantitative estimate of drug-likeness (QED) is 0.502. The second-order valence-electron chi connectivity index (χ2n) is 6.09. The highest BCUT2D eigenvalue weighted by atomic mass is 16.5. The maximum Gasteiger partial charge on any atom is 0.309 e. The minimum absolute atomic E-state index is 0. The van der Waals surface area contributed by atoms with Gasteiger partial charge in [-0.05, 0) is 38.5 Å². The molecule has 0 aromatic rings. The number of unbranched alkanes of at least 4 members (excludes halogenated alkanes) is 2. The van der Waals surface area contributed by atoms with Crippen molar-refractivity contribution < 1.29 is 20.9 Å². The Morgan fingerprint density at radius 1 is 1.23 bits per heavy atom. The monoisotopic (exact) mass is 316 g/mol. The van der Waals surface area contributed by atoms with Crippen molar-refractivity contribution in [2.45, 2.75) is 91.6 Å². The van der Waals surface area contributed by atoms with Crippen molar-refractivity contribution in [2.75, 3.05) is 0 Å². The summed E-state index contributed by atoms with van der Waals surface area (Å²) in [5, 5.41) is 8.67. The number of carbonyl (C=O) groups excluding carboxylic acids is 1. The summed E-state index contributed by atoms with van der Waals surface area (Å²) >= 11 is 0. The summed E-state index contributed by atoms with van der Waals surface area (Å²) in [6.45, 7) is 8.16. The predicted molar refractivity (Wildman–Crippen MR) is 90.9 cm³/mol. The van der Waals surface area contributed by atoms with Crippen molar-refractivity contribution >= 4 is 11.9 Å². The smallest absolute Gasteiger partial charge is 0.309 e. The van der Waals surface area contributed by atoms with Crippen LogP contribution in [-0.4, -0.2) is 23.1 Å². The first-order valence-corrected chi connectivity index (χ1v) is 8.93. The molecular formula is C18H36O4. The third-order valence-corrected chi connectivity index (χ3v) is 4.40. The summed E-state index contributed by atoms with van der Waals surface area (Å²) < 4.78 is 5.20. The number of carboxylic acid groups (broad SMARTS) is 1. The van der Waals surface area contributed by atoms with E-state index in [0.717, 1.165) is 57.8 Å². The zero-order valence-corrected chi connectivity index (χ0v) is 14.8. The van der Waals surface area contributed by atoms with Crippen molar-refractivity contribution in [1.29, 1.82) is 0 Å². The minimum atomic E-state index is -0.636. The van der Waals surface area contributed by atoms with Crippen LogP contribution in [0.2, 0.25) is 0 Å². The first-order valence-electron chi connectivity index (χ1n) is 8.93. The van der Waals surface area contributed by atoms with Gasteiger partial charge in [0.2, 0.25) is 0 Å². The van der Waals surface area contributed by atoms with E-state index in [9.17, 15) is 9.59 Å². The second-order valence-corrected chi connectivity index (χ2v) is 6.09. The topological polar surface area (TPSA) is 63.6 Å². The summed E-state index contributed by atoms with van der Waals surface area (Å²) in [4.78, 5) is 21.7.